The van der Waals surface area contributed by atoms with Crippen molar-refractivity contribution in [3.63, 3.8) is 0 Å². The van der Waals surface area contributed by atoms with Gasteiger partial charge in [0.1, 0.15) is 30.2 Å². The lowest BCUT2D eigenvalue weighted by Gasteiger charge is -2.28. The van der Waals surface area contributed by atoms with Gasteiger partial charge >= 0.3 is 5.97 Å². The molecular weight excluding hydrogens is 789 g/mol. The van der Waals surface area contributed by atoms with Gasteiger partial charge in [-0.1, -0.05) is 55.5 Å². The van der Waals surface area contributed by atoms with Crippen LogP contribution >= 0.6 is 0 Å². The number of guanidine groups is 1. The van der Waals surface area contributed by atoms with E-state index in [2.05, 4.69) is 36.9 Å². The van der Waals surface area contributed by atoms with Crippen LogP contribution < -0.4 is 37.6 Å². The molecule has 330 valence electrons. The van der Waals surface area contributed by atoms with E-state index >= 15 is 0 Å². The first-order chi connectivity index (χ1) is 29.2. The summed E-state index contributed by atoms with van der Waals surface area (Å²) in [7, 11) is 0. The second-order valence-corrected chi connectivity index (χ2v) is 15.1. The van der Waals surface area contributed by atoms with Gasteiger partial charge in [-0.25, -0.2) is 4.79 Å². The third-order valence-corrected chi connectivity index (χ3v) is 10.4. The number of nitrogens with two attached hydrogens (primary N) is 1. The van der Waals surface area contributed by atoms with E-state index in [4.69, 9.17) is 11.1 Å². The molecule has 0 saturated carbocycles. The Hall–Kier alpha value is -6.50. The minimum Gasteiger partial charge on any atom is -0.480 e. The number of aromatic amines is 1. The van der Waals surface area contributed by atoms with Crippen molar-refractivity contribution in [2.45, 2.75) is 108 Å². The number of nitrogens with zero attached hydrogens (tertiary/aromatic N) is 1. The van der Waals surface area contributed by atoms with Gasteiger partial charge in [0.25, 0.3) is 0 Å². The molecule has 1 saturated heterocycles. The molecule has 4 rings (SSSR count). The van der Waals surface area contributed by atoms with Crippen LogP contribution in [0.3, 0.4) is 0 Å². The Bertz CT molecular complexity index is 2010. The largest absolute Gasteiger partial charge is 0.480 e. The first kappa shape index (κ1) is 47.2. The van der Waals surface area contributed by atoms with Gasteiger partial charge in [0.15, 0.2) is 5.96 Å². The number of carboxylic acid groups (broad SMARTS) is 1. The van der Waals surface area contributed by atoms with Crippen LogP contribution in [0.4, 0.5) is 0 Å². The highest BCUT2D eigenvalue weighted by molar-refractivity contribution is 5.97. The van der Waals surface area contributed by atoms with Crippen LogP contribution in [0.25, 0.3) is 10.9 Å². The number of aliphatic hydroxyl groups is 1. The molecule has 0 radical (unpaired) electrons. The number of carbonyl (C=O) groups excluding carboxylic acids is 6. The first-order valence-corrected chi connectivity index (χ1v) is 20.5. The van der Waals surface area contributed by atoms with Gasteiger partial charge < -0.3 is 57.7 Å². The summed E-state index contributed by atoms with van der Waals surface area (Å²) < 4.78 is 0. The Labute approximate surface area is 353 Å². The van der Waals surface area contributed by atoms with Crippen LogP contribution in [-0.2, 0) is 46.4 Å². The molecule has 2 heterocycles. The summed E-state index contributed by atoms with van der Waals surface area (Å²) in [5.41, 5.74) is 7.58. The Balaban J connectivity index is 1.60. The molecular formula is C42H58N10O9. The predicted octanol–water partition coefficient (Wildman–Crippen LogP) is -0.0816. The van der Waals surface area contributed by atoms with Gasteiger partial charge in [0.2, 0.25) is 35.4 Å². The Kier molecular flexibility index (Phi) is 18.0. The molecule has 6 amide bonds. The molecule has 0 unspecified atom stereocenters. The van der Waals surface area contributed by atoms with E-state index in [1.165, 1.54) is 11.8 Å². The van der Waals surface area contributed by atoms with Gasteiger partial charge in [-0.3, -0.25) is 34.2 Å². The number of aliphatic hydroxyl groups excluding tert-OH is 1. The molecule has 1 aliphatic rings. The Morgan fingerprint density at radius 3 is 2.08 bits per heavy atom. The lowest BCUT2D eigenvalue weighted by Crippen LogP contribution is -2.59. The highest BCUT2D eigenvalue weighted by Crippen LogP contribution is 2.21. The molecule has 61 heavy (non-hydrogen) atoms. The number of aromatic nitrogens is 1. The maximum Gasteiger partial charge on any atom is 0.326 e. The minimum absolute atomic E-state index is 0.00261. The number of aliphatic carboxylic acids is 1. The number of unbranched alkanes of at least 4 members (excludes halogenated alkanes) is 1. The van der Waals surface area contributed by atoms with Gasteiger partial charge in [-0.05, 0) is 49.3 Å². The fourth-order valence-electron chi connectivity index (χ4n) is 7.21. The molecule has 2 aromatic carbocycles. The molecule has 6 atom stereocenters. The third kappa shape index (κ3) is 14.6. The third-order valence-electron chi connectivity index (χ3n) is 10.4. The molecule has 1 fully saturated rings. The number of rotatable bonds is 23. The molecule has 1 aromatic heterocycles. The van der Waals surface area contributed by atoms with Crippen LogP contribution in [0.5, 0.6) is 0 Å². The number of hydrogen-bond donors (Lipinski definition) is 11. The van der Waals surface area contributed by atoms with Crippen LogP contribution in [0, 0.1) is 5.41 Å². The molecule has 3 aromatic rings. The molecule has 1 aliphatic heterocycles. The zero-order valence-electron chi connectivity index (χ0n) is 34.5. The highest BCUT2D eigenvalue weighted by atomic mass is 16.4. The normalized spacial score (nSPS) is 16.7. The van der Waals surface area contributed by atoms with Crippen molar-refractivity contribution in [3.8, 4) is 0 Å². The summed E-state index contributed by atoms with van der Waals surface area (Å²) in [4.78, 5) is 96.9. The molecule has 19 nitrogen and oxygen atoms in total. The second-order valence-electron chi connectivity index (χ2n) is 15.1. The number of benzene rings is 2. The fraction of sp³-hybridized carbons (Fsp3) is 0.476. The number of β-amino-alcohol motifs (C(OH)–C–C–N with tert-alkyl or cyclic N) is 1. The van der Waals surface area contributed by atoms with Crippen molar-refractivity contribution in [2.75, 3.05) is 19.6 Å². The monoisotopic (exact) mass is 846 g/mol. The topological polar surface area (TPSA) is 301 Å². The van der Waals surface area contributed by atoms with Crippen molar-refractivity contribution in [3.05, 3.63) is 71.9 Å². The standard InChI is InChI=1S/C42H58N10O9/c1-3-36(55)52-24-28(54)22-35(52)40(59)51-33(20-26-12-5-4-6-13-26)38(57)48-31(17-11-19-46-42(43)44)37(56)50-34(21-27-23-47-30-15-8-7-14-29(27)30)39(58)49-32(41(60)61)16-9-10-18-45-25(2)53/h4-8,12-15,23,28,31-35,47,54H,3,9-11,16-22,24H2,1-2H3,(H,45,53)(H,48,57)(H,49,58)(H,50,56)(H,51,59)(H,60,61)(H4,43,44,46)/t28-,31+,32+,33-,34+,35+/m1/s1. The summed E-state index contributed by atoms with van der Waals surface area (Å²) in [6.45, 7) is 3.47. The lowest BCUT2D eigenvalue weighted by atomic mass is 10.0. The second kappa shape index (κ2) is 23.3. The molecule has 19 heteroatoms. The van der Waals surface area contributed by atoms with Gasteiger partial charge in [0.05, 0.1) is 6.10 Å². The number of H-pyrrole nitrogens is 1. The van der Waals surface area contributed by atoms with E-state index in [0.29, 0.717) is 30.5 Å². The van der Waals surface area contributed by atoms with Crippen molar-refractivity contribution in [1.82, 2.24) is 41.8 Å². The Morgan fingerprint density at radius 2 is 1.41 bits per heavy atom. The number of amides is 6. The van der Waals surface area contributed by atoms with E-state index in [1.54, 1.807) is 43.5 Å². The van der Waals surface area contributed by atoms with Crippen molar-refractivity contribution in [2.24, 2.45) is 5.73 Å². The summed E-state index contributed by atoms with van der Waals surface area (Å²) in [6.07, 6.45) is 1.89. The van der Waals surface area contributed by atoms with Gasteiger partial charge in [0, 0.05) is 69.3 Å². The molecule has 0 aliphatic carbocycles. The van der Waals surface area contributed by atoms with E-state index in [0.717, 1.165) is 10.9 Å². The maximum absolute atomic E-state index is 14.3. The van der Waals surface area contributed by atoms with Crippen LogP contribution in [-0.4, -0.2) is 123 Å². The zero-order valence-corrected chi connectivity index (χ0v) is 34.5. The molecule has 0 spiro atoms. The number of carbonyl (C=O) groups is 7. The van der Waals surface area contributed by atoms with Crippen LogP contribution in [0.2, 0.25) is 0 Å². The van der Waals surface area contributed by atoms with Crippen LogP contribution in [0.1, 0.15) is 69.9 Å². The summed E-state index contributed by atoms with van der Waals surface area (Å²) in [5.74, 6) is -5.10. The first-order valence-electron chi connectivity index (χ1n) is 20.5. The molecule has 12 N–H and O–H groups in total. The van der Waals surface area contributed by atoms with Crippen molar-refractivity contribution < 1.29 is 43.8 Å². The minimum atomic E-state index is -1.32. The number of para-hydroxylation sites is 1. The number of carboxylic acids is 1. The summed E-state index contributed by atoms with van der Waals surface area (Å²) in [6, 6.07) is 9.95. The number of fused-ring (bicyclic) bond motifs is 1. The van der Waals surface area contributed by atoms with E-state index in [9.17, 15) is 43.8 Å². The fourth-order valence-corrected chi connectivity index (χ4v) is 7.21. The quantitative estimate of drug-likeness (QED) is 0.0341. The van der Waals surface area contributed by atoms with Crippen LogP contribution in [0.15, 0.2) is 60.8 Å². The van der Waals surface area contributed by atoms with Gasteiger partial charge in [-0.2, -0.15) is 0 Å². The van der Waals surface area contributed by atoms with E-state index in [-0.39, 0.29) is 75.8 Å². The molecule has 0 bridgehead atoms. The summed E-state index contributed by atoms with van der Waals surface area (Å²) >= 11 is 0. The number of nitrogens with one attached hydrogen (secondary N) is 8. The highest BCUT2D eigenvalue weighted by Gasteiger charge is 2.40. The number of hydrogen-bond acceptors (Lipinski definition) is 9. The number of likely N-dealkylation sites (tertiary alicyclic amines) is 1. The predicted molar refractivity (Wildman–Crippen MR) is 226 cm³/mol. The average Bonchev–Trinajstić information content (AvgIpc) is 3.83. The smallest absolute Gasteiger partial charge is 0.326 e. The maximum atomic E-state index is 14.3. The van der Waals surface area contributed by atoms with Crippen molar-refractivity contribution >= 4 is 58.3 Å². The zero-order chi connectivity index (χ0) is 44.5. The lowest BCUT2D eigenvalue weighted by molar-refractivity contribution is -0.142. The van der Waals surface area contributed by atoms with Crippen molar-refractivity contribution in [1.29, 1.82) is 5.41 Å². The van der Waals surface area contributed by atoms with E-state index < -0.39 is 65.9 Å². The average molecular weight is 847 g/mol. The van der Waals surface area contributed by atoms with E-state index in [1.807, 2.05) is 24.3 Å². The van der Waals surface area contributed by atoms with Gasteiger partial charge in [-0.15, -0.1) is 0 Å². The summed E-state index contributed by atoms with van der Waals surface area (Å²) in [5, 5.41) is 44.8. The SMILES string of the molecule is CCC(=O)N1C[C@H](O)C[C@H]1C(=O)N[C@H](Cc1ccccc1)C(=O)N[C@@H](CCCNC(=N)N)C(=O)N[C@@H](Cc1c[nH]c2ccccc12)C(=O)N[C@@H](CCCCNC(C)=O)C(=O)O. The Morgan fingerprint density at radius 1 is 0.803 bits per heavy atom.